The molecule has 0 aliphatic heterocycles. The molecule has 9 heteroatoms. The molecule has 4 aromatic rings. The summed E-state index contributed by atoms with van der Waals surface area (Å²) in [6.07, 6.45) is 1.76. The minimum Gasteiger partial charge on any atom is -0.508 e. The van der Waals surface area contributed by atoms with Crippen molar-refractivity contribution in [2.75, 3.05) is 6.61 Å². The molecule has 2 aromatic carbocycles. The molecule has 4 rings (SSSR count). The fourth-order valence-electron chi connectivity index (χ4n) is 3.03. The van der Waals surface area contributed by atoms with E-state index in [9.17, 15) is 14.7 Å². The van der Waals surface area contributed by atoms with E-state index in [-0.39, 0.29) is 25.3 Å². The van der Waals surface area contributed by atoms with Gasteiger partial charge in [0.15, 0.2) is 11.6 Å². The van der Waals surface area contributed by atoms with Crippen LogP contribution in [0.15, 0.2) is 64.6 Å². The number of phenolic OH excluding ortho intramolecular Hbond substituents is 1. The normalized spacial score (nSPS) is 10.9. The molecule has 158 valence electrons. The molecule has 0 atom stereocenters. The van der Waals surface area contributed by atoms with E-state index in [1.165, 1.54) is 23.5 Å². The number of phenols is 1. The number of fused-ring (bicyclic) bond motifs is 1. The number of rotatable bonds is 7. The summed E-state index contributed by atoms with van der Waals surface area (Å²) in [6.45, 7) is -0.0994. The van der Waals surface area contributed by atoms with Crippen LogP contribution in [0, 0.1) is 0 Å². The van der Waals surface area contributed by atoms with Crippen molar-refractivity contribution in [3.63, 3.8) is 0 Å². The lowest BCUT2D eigenvalue weighted by atomic mass is 10.1. The number of aromatic hydroxyl groups is 1. The van der Waals surface area contributed by atoms with Gasteiger partial charge in [0.05, 0.1) is 30.6 Å². The van der Waals surface area contributed by atoms with Gasteiger partial charge in [0.2, 0.25) is 0 Å². The SMILES string of the molecule is O=C(COC(=O)Cc1ccc(O)cc1)NCc1cnc2scc(-c3ccc(Br)cc3)n12. The topological polar surface area (TPSA) is 92.9 Å². The number of carbonyl (C=O) groups excluding carboxylic acids is 2. The van der Waals surface area contributed by atoms with E-state index in [1.807, 2.05) is 34.0 Å². The van der Waals surface area contributed by atoms with Gasteiger partial charge in [0.1, 0.15) is 5.75 Å². The number of ether oxygens (including phenoxy) is 1. The van der Waals surface area contributed by atoms with Crippen molar-refractivity contribution in [3.8, 4) is 17.0 Å². The third-order valence-corrected chi connectivity index (χ3v) is 5.94. The van der Waals surface area contributed by atoms with E-state index in [0.29, 0.717) is 5.56 Å². The van der Waals surface area contributed by atoms with Gasteiger partial charge in [0.25, 0.3) is 5.91 Å². The van der Waals surface area contributed by atoms with Gasteiger partial charge in [-0.05, 0) is 35.4 Å². The second-order valence-electron chi connectivity index (χ2n) is 6.78. The zero-order chi connectivity index (χ0) is 21.8. The Bertz CT molecular complexity index is 1220. The molecule has 0 bridgehead atoms. The van der Waals surface area contributed by atoms with E-state index in [0.717, 1.165) is 26.4 Å². The van der Waals surface area contributed by atoms with Crippen LogP contribution < -0.4 is 5.32 Å². The maximum absolute atomic E-state index is 12.2. The Morgan fingerprint density at radius 1 is 1.13 bits per heavy atom. The first-order valence-corrected chi connectivity index (χ1v) is 11.1. The molecule has 2 N–H and O–H groups in total. The van der Waals surface area contributed by atoms with Crippen molar-refractivity contribution in [3.05, 3.63) is 75.8 Å². The highest BCUT2D eigenvalue weighted by Crippen LogP contribution is 2.28. The number of aromatic nitrogens is 2. The summed E-state index contributed by atoms with van der Waals surface area (Å²) < 4.78 is 8.05. The number of nitrogens with one attached hydrogen (secondary N) is 1. The van der Waals surface area contributed by atoms with Gasteiger partial charge in [-0.2, -0.15) is 0 Å². The van der Waals surface area contributed by atoms with Crippen LogP contribution in [-0.4, -0.2) is 33.0 Å². The highest BCUT2D eigenvalue weighted by atomic mass is 79.9. The zero-order valence-electron chi connectivity index (χ0n) is 16.2. The minimum atomic E-state index is -0.511. The van der Waals surface area contributed by atoms with Crippen LogP contribution in [0.3, 0.4) is 0 Å². The fourth-order valence-corrected chi connectivity index (χ4v) is 4.19. The first-order valence-electron chi connectivity index (χ1n) is 9.39. The molecule has 0 radical (unpaired) electrons. The average molecular weight is 500 g/mol. The van der Waals surface area contributed by atoms with E-state index in [4.69, 9.17) is 4.74 Å². The summed E-state index contributed by atoms with van der Waals surface area (Å²) in [5.74, 6) is -0.781. The summed E-state index contributed by atoms with van der Waals surface area (Å²) in [5, 5.41) is 14.1. The third-order valence-electron chi connectivity index (χ3n) is 4.58. The largest absolute Gasteiger partial charge is 0.508 e. The number of imidazole rings is 1. The molecule has 2 aromatic heterocycles. The van der Waals surface area contributed by atoms with Crippen LogP contribution in [-0.2, 0) is 27.3 Å². The van der Waals surface area contributed by atoms with Crippen molar-refractivity contribution in [1.29, 1.82) is 0 Å². The number of amides is 1. The molecule has 0 saturated carbocycles. The lowest BCUT2D eigenvalue weighted by Crippen LogP contribution is -2.29. The van der Waals surface area contributed by atoms with Crippen LogP contribution in [0.4, 0.5) is 0 Å². The molecule has 0 unspecified atom stereocenters. The molecule has 0 spiro atoms. The lowest BCUT2D eigenvalue weighted by Gasteiger charge is -2.08. The molecular weight excluding hydrogens is 482 g/mol. The second kappa shape index (κ2) is 9.32. The van der Waals surface area contributed by atoms with Gasteiger partial charge >= 0.3 is 5.97 Å². The molecule has 0 fully saturated rings. The zero-order valence-corrected chi connectivity index (χ0v) is 18.6. The second-order valence-corrected chi connectivity index (χ2v) is 8.53. The fraction of sp³-hybridized carbons (Fsp3) is 0.136. The Kier molecular flexibility index (Phi) is 6.34. The van der Waals surface area contributed by atoms with Crippen LogP contribution in [0.25, 0.3) is 16.2 Å². The molecule has 7 nitrogen and oxygen atoms in total. The van der Waals surface area contributed by atoms with Crippen molar-refractivity contribution in [2.24, 2.45) is 0 Å². The molecule has 0 aliphatic carbocycles. The number of thiazole rings is 1. The van der Waals surface area contributed by atoms with Crippen LogP contribution in [0.2, 0.25) is 0 Å². The van der Waals surface area contributed by atoms with E-state index >= 15 is 0 Å². The van der Waals surface area contributed by atoms with Crippen molar-refractivity contribution >= 4 is 44.1 Å². The number of benzene rings is 2. The summed E-state index contributed by atoms with van der Waals surface area (Å²) in [7, 11) is 0. The predicted octanol–water partition coefficient (Wildman–Crippen LogP) is 3.93. The highest BCUT2D eigenvalue weighted by molar-refractivity contribution is 9.10. The number of nitrogens with zero attached hydrogens (tertiary/aromatic N) is 2. The Morgan fingerprint density at radius 3 is 2.61 bits per heavy atom. The summed E-state index contributed by atoms with van der Waals surface area (Å²) in [4.78, 5) is 29.3. The highest BCUT2D eigenvalue weighted by Gasteiger charge is 2.14. The summed E-state index contributed by atoms with van der Waals surface area (Å²) in [5.41, 5.74) is 3.57. The summed E-state index contributed by atoms with van der Waals surface area (Å²) >= 11 is 4.97. The molecule has 31 heavy (non-hydrogen) atoms. The molecule has 1 amide bonds. The number of esters is 1. The maximum atomic E-state index is 12.2. The third kappa shape index (κ3) is 5.12. The van der Waals surface area contributed by atoms with Crippen molar-refractivity contribution in [1.82, 2.24) is 14.7 Å². The Morgan fingerprint density at radius 2 is 1.87 bits per heavy atom. The van der Waals surface area contributed by atoms with E-state index in [1.54, 1.807) is 18.3 Å². The van der Waals surface area contributed by atoms with Crippen LogP contribution >= 0.6 is 27.3 Å². The van der Waals surface area contributed by atoms with Gasteiger partial charge in [-0.3, -0.25) is 14.0 Å². The predicted molar refractivity (Wildman–Crippen MR) is 121 cm³/mol. The van der Waals surface area contributed by atoms with Gasteiger partial charge in [0, 0.05) is 9.85 Å². The first-order chi connectivity index (χ1) is 15.0. The van der Waals surface area contributed by atoms with Crippen LogP contribution in [0.5, 0.6) is 5.75 Å². The number of halogens is 1. The molecule has 0 saturated heterocycles. The minimum absolute atomic E-state index is 0.0300. The quantitative estimate of drug-likeness (QED) is 0.375. The Labute approximate surface area is 190 Å². The molecular formula is C22H18BrN3O4S. The van der Waals surface area contributed by atoms with Crippen molar-refractivity contribution in [2.45, 2.75) is 13.0 Å². The average Bonchev–Trinajstić information content (AvgIpc) is 3.36. The Balaban J connectivity index is 1.34. The number of hydrogen-bond acceptors (Lipinski definition) is 6. The van der Waals surface area contributed by atoms with E-state index in [2.05, 4.69) is 26.2 Å². The monoisotopic (exact) mass is 499 g/mol. The molecule has 0 aliphatic rings. The van der Waals surface area contributed by atoms with Gasteiger partial charge < -0.3 is 15.2 Å². The lowest BCUT2D eigenvalue weighted by molar-refractivity contribution is -0.147. The maximum Gasteiger partial charge on any atom is 0.310 e. The van der Waals surface area contributed by atoms with Gasteiger partial charge in [-0.15, -0.1) is 11.3 Å². The van der Waals surface area contributed by atoms with Crippen LogP contribution in [0.1, 0.15) is 11.3 Å². The van der Waals surface area contributed by atoms with Gasteiger partial charge in [-0.25, -0.2) is 4.98 Å². The Hall–Kier alpha value is -3.17. The van der Waals surface area contributed by atoms with Gasteiger partial charge in [-0.1, -0.05) is 40.2 Å². The molecule has 2 heterocycles. The van der Waals surface area contributed by atoms with Crippen molar-refractivity contribution < 1.29 is 19.4 Å². The number of carbonyl (C=O) groups is 2. The first kappa shape index (κ1) is 21.1. The number of hydrogen-bond donors (Lipinski definition) is 2. The van der Waals surface area contributed by atoms with E-state index < -0.39 is 11.9 Å². The standard InChI is InChI=1S/C22H18BrN3O4S/c23-16-5-3-15(4-6-16)19-13-31-22-25-11-17(26(19)22)10-24-20(28)12-30-21(29)9-14-1-7-18(27)8-2-14/h1-8,11,13,27H,9-10,12H2,(H,24,28). The summed E-state index contributed by atoms with van der Waals surface area (Å²) in [6, 6.07) is 14.2. The smallest absolute Gasteiger partial charge is 0.310 e.